The topological polar surface area (TPSA) is 15.3 Å². The summed E-state index contributed by atoms with van der Waals surface area (Å²) in [6.07, 6.45) is 3.89. The Balaban J connectivity index is 1.74. The number of benzene rings is 1. The molecule has 0 aromatic heterocycles. The first-order valence-corrected chi connectivity index (χ1v) is 7.34. The van der Waals surface area contributed by atoms with Crippen LogP contribution in [-0.2, 0) is 6.42 Å². The third-order valence-electron chi connectivity index (χ3n) is 3.97. The molecule has 0 saturated carbocycles. The molecule has 2 nitrogen and oxygen atoms in total. The summed E-state index contributed by atoms with van der Waals surface area (Å²) in [7, 11) is 0. The zero-order valence-electron chi connectivity index (χ0n) is 11.8. The first-order valence-electron chi connectivity index (χ1n) is 7.34. The standard InChI is InChI=1S/C16H26N2/c1-3-15-6-8-16(9-7-15)14(2)17-10-13-18-11-4-5-12-18/h6-9,14,17H,3-5,10-13H2,1-2H3. The van der Waals surface area contributed by atoms with Crippen LogP contribution in [0.25, 0.3) is 0 Å². The first-order chi connectivity index (χ1) is 8.79. The van der Waals surface area contributed by atoms with Crippen LogP contribution < -0.4 is 5.32 Å². The molecule has 1 atom stereocenters. The van der Waals surface area contributed by atoms with Crippen molar-refractivity contribution in [1.82, 2.24) is 10.2 Å². The fourth-order valence-corrected chi connectivity index (χ4v) is 2.61. The van der Waals surface area contributed by atoms with Crippen molar-refractivity contribution in [2.24, 2.45) is 0 Å². The molecule has 2 rings (SSSR count). The van der Waals surface area contributed by atoms with Gasteiger partial charge in [-0.1, -0.05) is 31.2 Å². The number of aryl methyl sites for hydroxylation is 1. The van der Waals surface area contributed by atoms with Crippen molar-refractivity contribution in [3.05, 3.63) is 35.4 Å². The molecule has 1 aliphatic heterocycles. The highest BCUT2D eigenvalue weighted by Crippen LogP contribution is 2.13. The fraction of sp³-hybridized carbons (Fsp3) is 0.625. The largest absolute Gasteiger partial charge is 0.309 e. The second-order valence-corrected chi connectivity index (χ2v) is 5.32. The van der Waals surface area contributed by atoms with Crippen LogP contribution >= 0.6 is 0 Å². The van der Waals surface area contributed by atoms with Gasteiger partial charge in [0.2, 0.25) is 0 Å². The maximum Gasteiger partial charge on any atom is 0.0292 e. The molecule has 1 aromatic carbocycles. The molecule has 0 radical (unpaired) electrons. The van der Waals surface area contributed by atoms with Gasteiger partial charge in [-0.05, 0) is 50.4 Å². The average Bonchev–Trinajstić information content (AvgIpc) is 2.92. The molecule has 1 fully saturated rings. The normalized spacial score (nSPS) is 18.1. The minimum Gasteiger partial charge on any atom is -0.309 e. The van der Waals surface area contributed by atoms with E-state index in [1.54, 1.807) is 0 Å². The van der Waals surface area contributed by atoms with E-state index in [2.05, 4.69) is 48.3 Å². The van der Waals surface area contributed by atoms with Gasteiger partial charge in [0.1, 0.15) is 0 Å². The Morgan fingerprint density at radius 3 is 2.44 bits per heavy atom. The summed E-state index contributed by atoms with van der Waals surface area (Å²) in [5.74, 6) is 0. The van der Waals surface area contributed by atoms with E-state index in [0.29, 0.717) is 6.04 Å². The van der Waals surface area contributed by atoms with Crippen LogP contribution in [0.2, 0.25) is 0 Å². The summed E-state index contributed by atoms with van der Waals surface area (Å²) in [4.78, 5) is 2.56. The van der Waals surface area contributed by atoms with E-state index in [9.17, 15) is 0 Å². The number of rotatable bonds is 6. The van der Waals surface area contributed by atoms with E-state index in [1.807, 2.05) is 0 Å². The molecule has 1 saturated heterocycles. The summed E-state index contributed by atoms with van der Waals surface area (Å²) >= 11 is 0. The summed E-state index contributed by atoms with van der Waals surface area (Å²) in [6, 6.07) is 9.46. The van der Waals surface area contributed by atoms with Gasteiger partial charge in [0.25, 0.3) is 0 Å². The Morgan fingerprint density at radius 1 is 1.17 bits per heavy atom. The number of hydrogen-bond acceptors (Lipinski definition) is 2. The molecule has 0 bridgehead atoms. The predicted molar refractivity (Wildman–Crippen MR) is 77.9 cm³/mol. The smallest absolute Gasteiger partial charge is 0.0292 e. The van der Waals surface area contributed by atoms with E-state index in [0.717, 1.165) is 13.0 Å². The lowest BCUT2D eigenvalue weighted by atomic mass is 10.1. The van der Waals surface area contributed by atoms with Crippen LogP contribution in [0.15, 0.2) is 24.3 Å². The molecule has 1 unspecified atom stereocenters. The number of nitrogens with zero attached hydrogens (tertiary/aromatic N) is 1. The first kappa shape index (κ1) is 13.6. The second-order valence-electron chi connectivity index (χ2n) is 5.32. The Hall–Kier alpha value is -0.860. The summed E-state index contributed by atoms with van der Waals surface area (Å²) in [5, 5.41) is 3.62. The molecule has 0 amide bonds. The van der Waals surface area contributed by atoms with Gasteiger partial charge in [0.05, 0.1) is 0 Å². The van der Waals surface area contributed by atoms with Gasteiger partial charge in [0, 0.05) is 19.1 Å². The van der Waals surface area contributed by atoms with Crippen LogP contribution in [0.5, 0.6) is 0 Å². The van der Waals surface area contributed by atoms with Crippen molar-refractivity contribution in [2.45, 2.75) is 39.2 Å². The van der Waals surface area contributed by atoms with Gasteiger partial charge in [0.15, 0.2) is 0 Å². The highest BCUT2D eigenvalue weighted by Gasteiger charge is 2.11. The van der Waals surface area contributed by atoms with Crippen LogP contribution in [0.3, 0.4) is 0 Å². The molecule has 0 aliphatic carbocycles. The van der Waals surface area contributed by atoms with Gasteiger partial charge in [-0.25, -0.2) is 0 Å². The molecular weight excluding hydrogens is 220 g/mol. The van der Waals surface area contributed by atoms with Crippen molar-refractivity contribution < 1.29 is 0 Å². The third-order valence-corrected chi connectivity index (χ3v) is 3.97. The average molecular weight is 246 g/mol. The van der Waals surface area contributed by atoms with Crippen LogP contribution in [0.1, 0.15) is 43.9 Å². The number of likely N-dealkylation sites (tertiary alicyclic amines) is 1. The molecule has 1 heterocycles. The van der Waals surface area contributed by atoms with Crippen molar-refractivity contribution in [3.8, 4) is 0 Å². The van der Waals surface area contributed by atoms with E-state index in [4.69, 9.17) is 0 Å². The molecule has 18 heavy (non-hydrogen) atoms. The summed E-state index contributed by atoms with van der Waals surface area (Å²) in [5.41, 5.74) is 2.82. The molecule has 100 valence electrons. The van der Waals surface area contributed by atoms with Gasteiger partial charge in [-0.15, -0.1) is 0 Å². The van der Waals surface area contributed by atoms with Crippen molar-refractivity contribution in [1.29, 1.82) is 0 Å². The Bertz CT molecular complexity index is 339. The maximum atomic E-state index is 3.62. The zero-order chi connectivity index (χ0) is 12.8. The van der Waals surface area contributed by atoms with E-state index in [-0.39, 0.29) is 0 Å². The van der Waals surface area contributed by atoms with Gasteiger partial charge < -0.3 is 10.2 Å². The van der Waals surface area contributed by atoms with E-state index in [1.165, 1.54) is 43.6 Å². The lowest BCUT2D eigenvalue weighted by Crippen LogP contribution is -2.31. The second kappa shape index (κ2) is 6.91. The molecule has 1 aromatic rings. The molecule has 1 aliphatic rings. The van der Waals surface area contributed by atoms with E-state index >= 15 is 0 Å². The minimum atomic E-state index is 0.457. The molecule has 0 spiro atoms. The predicted octanol–water partition coefficient (Wildman–Crippen LogP) is 3.00. The zero-order valence-corrected chi connectivity index (χ0v) is 11.8. The number of hydrogen-bond donors (Lipinski definition) is 1. The summed E-state index contributed by atoms with van der Waals surface area (Å²) < 4.78 is 0. The van der Waals surface area contributed by atoms with Crippen LogP contribution in [0.4, 0.5) is 0 Å². The van der Waals surface area contributed by atoms with Gasteiger partial charge in [-0.2, -0.15) is 0 Å². The summed E-state index contributed by atoms with van der Waals surface area (Å²) in [6.45, 7) is 9.33. The van der Waals surface area contributed by atoms with Gasteiger partial charge >= 0.3 is 0 Å². The Labute approximate surface area is 111 Å². The fourth-order valence-electron chi connectivity index (χ4n) is 2.61. The Kier molecular flexibility index (Phi) is 5.21. The van der Waals surface area contributed by atoms with Crippen LogP contribution in [-0.4, -0.2) is 31.1 Å². The lowest BCUT2D eigenvalue weighted by molar-refractivity contribution is 0.330. The monoisotopic (exact) mass is 246 g/mol. The molecular formula is C16H26N2. The highest BCUT2D eigenvalue weighted by molar-refractivity contribution is 5.24. The maximum absolute atomic E-state index is 3.62. The van der Waals surface area contributed by atoms with Crippen molar-refractivity contribution in [2.75, 3.05) is 26.2 Å². The quantitative estimate of drug-likeness (QED) is 0.830. The minimum absolute atomic E-state index is 0.457. The number of nitrogens with one attached hydrogen (secondary N) is 1. The third kappa shape index (κ3) is 3.82. The van der Waals surface area contributed by atoms with Crippen LogP contribution in [0, 0.1) is 0 Å². The molecule has 1 N–H and O–H groups in total. The highest BCUT2D eigenvalue weighted by atomic mass is 15.1. The Morgan fingerprint density at radius 2 is 1.83 bits per heavy atom. The van der Waals surface area contributed by atoms with Gasteiger partial charge in [-0.3, -0.25) is 0 Å². The lowest BCUT2D eigenvalue weighted by Gasteiger charge is -2.18. The SMILES string of the molecule is CCc1ccc(C(C)NCCN2CCCC2)cc1. The van der Waals surface area contributed by atoms with Crippen molar-refractivity contribution >= 4 is 0 Å². The molecule has 2 heteroatoms. The van der Waals surface area contributed by atoms with Crippen molar-refractivity contribution in [3.63, 3.8) is 0 Å². The van der Waals surface area contributed by atoms with E-state index < -0.39 is 0 Å².